The molecule has 0 aromatic heterocycles. The summed E-state index contributed by atoms with van der Waals surface area (Å²) in [7, 11) is 0. The summed E-state index contributed by atoms with van der Waals surface area (Å²) in [6, 6.07) is 11.2. The van der Waals surface area contributed by atoms with Gasteiger partial charge in [0.1, 0.15) is 5.75 Å². The fraction of sp³-hybridized carbons (Fsp3) is 0.348. The zero-order valence-electron chi connectivity index (χ0n) is 16.8. The smallest absolute Gasteiger partial charge is 0.338 e. The van der Waals surface area contributed by atoms with Crippen LogP contribution in [0, 0.1) is 11.8 Å². The lowest BCUT2D eigenvalue weighted by molar-refractivity contribution is 0.0523. The molecule has 0 atom stereocenters. The first-order chi connectivity index (χ1) is 14.1. The van der Waals surface area contributed by atoms with Gasteiger partial charge < -0.3 is 14.6 Å². The summed E-state index contributed by atoms with van der Waals surface area (Å²) >= 11 is 3.67. The molecule has 1 aliphatic heterocycles. The Morgan fingerprint density at radius 1 is 1.17 bits per heavy atom. The average molecular weight is 429 g/mol. The van der Waals surface area contributed by atoms with Gasteiger partial charge in [-0.15, -0.1) is 23.5 Å². The molecule has 0 saturated heterocycles. The Morgan fingerprint density at radius 2 is 1.86 bits per heavy atom. The number of thioether (sulfide) groups is 2. The van der Waals surface area contributed by atoms with Crippen molar-refractivity contribution in [2.24, 2.45) is 0 Å². The van der Waals surface area contributed by atoms with E-state index in [1.807, 2.05) is 35.7 Å². The Kier molecular flexibility index (Phi) is 7.18. The van der Waals surface area contributed by atoms with Gasteiger partial charge in [-0.1, -0.05) is 11.8 Å². The van der Waals surface area contributed by atoms with Gasteiger partial charge in [0, 0.05) is 23.1 Å². The largest absolute Gasteiger partial charge is 0.493 e. The van der Waals surface area contributed by atoms with E-state index in [9.17, 15) is 9.90 Å². The highest BCUT2D eigenvalue weighted by molar-refractivity contribution is 8.16. The predicted octanol–water partition coefficient (Wildman–Crippen LogP) is 4.42. The van der Waals surface area contributed by atoms with Gasteiger partial charge in [0.05, 0.1) is 29.5 Å². The molecule has 0 bridgehead atoms. The number of fused-ring (bicyclic) bond motifs is 1. The summed E-state index contributed by atoms with van der Waals surface area (Å²) in [4.78, 5) is 12.0. The lowest BCUT2D eigenvalue weighted by atomic mass is 10.0. The van der Waals surface area contributed by atoms with Gasteiger partial charge in [-0.3, -0.25) is 0 Å². The summed E-state index contributed by atoms with van der Waals surface area (Å²) in [5.41, 5.74) is 3.69. The van der Waals surface area contributed by atoms with Crippen LogP contribution in [0.2, 0.25) is 0 Å². The van der Waals surface area contributed by atoms with Gasteiger partial charge in [0.2, 0.25) is 0 Å². The van der Waals surface area contributed by atoms with Crippen molar-refractivity contribution in [3.63, 3.8) is 0 Å². The molecule has 0 aliphatic carbocycles. The molecule has 29 heavy (non-hydrogen) atoms. The van der Waals surface area contributed by atoms with E-state index < -0.39 is 5.97 Å². The Morgan fingerprint density at radius 3 is 2.52 bits per heavy atom. The minimum absolute atomic E-state index is 0.0172. The van der Waals surface area contributed by atoms with E-state index in [1.165, 1.54) is 5.56 Å². The molecule has 2 aromatic rings. The van der Waals surface area contributed by atoms with Gasteiger partial charge in [-0.05, 0) is 61.4 Å². The first-order valence-corrected chi connectivity index (χ1v) is 11.8. The lowest BCUT2D eigenvalue weighted by Gasteiger charge is -2.36. The molecule has 3 rings (SSSR count). The van der Waals surface area contributed by atoms with Gasteiger partial charge in [0.25, 0.3) is 0 Å². The van der Waals surface area contributed by atoms with E-state index in [2.05, 4.69) is 30.4 Å². The van der Waals surface area contributed by atoms with E-state index in [1.54, 1.807) is 25.1 Å². The van der Waals surface area contributed by atoms with Crippen molar-refractivity contribution in [2.75, 3.05) is 25.7 Å². The standard InChI is InChI=1S/C23H24O4S2/c1-4-26-22(25)19-9-7-16(13-18(19)15-24)5-6-17-8-10-21-20(14-17)23(28-2,29-3)11-12-27-21/h7-10,13-14,24H,4,11-12,15H2,1-3H3. The third-order valence-electron chi connectivity index (χ3n) is 4.86. The van der Waals surface area contributed by atoms with E-state index in [0.29, 0.717) is 17.7 Å². The second-order valence-electron chi connectivity index (χ2n) is 6.47. The summed E-state index contributed by atoms with van der Waals surface area (Å²) in [5, 5.41) is 9.62. The van der Waals surface area contributed by atoms with E-state index in [-0.39, 0.29) is 10.7 Å². The summed E-state index contributed by atoms with van der Waals surface area (Å²) in [5.74, 6) is 6.83. The molecule has 4 nitrogen and oxygen atoms in total. The van der Waals surface area contributed by atoms with Crippen molar-refractivity contribution in [1.82, 2.24) is 0 Å². The highest BCUT2D eigenvalue weighted by Gasteiger charge is 2.36. The highest BCUT2D eigenvalue weighted by Crippen LogP contribution is 2.52. The molecule has 0 saturated carbocycles. The molecular formula is C23H24O4S2. The molecule has 1 aliphatic rings. The number of aliphatic hydroxyl groups excluding tert-OH is 1. The first kappa shape index (κ1) is 21.6. The van der Waals surface area contributed by atoms with Crippen molar-refractivity contribution in [3.05, 3.63) is 64.2 Å². The van der Waals surface area contributed by atoms with Crippen molar-refractivity contribution in [1.29, 1.82) is 0 Å². The maximum atomic E-state index is 12.0. The normalized spacial score (nSPS) is 14.2. The minimum atomic E-state index is -0.434. The molecule has 0 fully saturated rings. The Hall–Kier alpha value is -2.07. The van der Waals surface area contributed by atoms with Crippen LogP contribution in [-0.4, -0.2) is 36.8 Å². The van der Waals surface area contributed by atoms with E-state index in [0.717, 1.165) is 29.9 Å². The van der Waals surface area contributed by atoms with Gasteiger partial charge >= 0.3 is 5.97 Å². The summed E-state index contributed by atoms with van der Waals surface area (Å²) < 4.78 is 10.9. The quantitative estimate of drug-likeness (QED) is 0.432. The zero-order chi connectivity index (χ0) is 20.9. The molecule has 2 aromatic carbocycles. The molecule has 0 amide bonds. The average Bonchev–Trinajstić information content (AvgIpc) is 2.77. The molecule has 1 heterocycles. The number of hydrogen-bond donors (Lipinski definition) is 1. The molecule has 0 spiro atoms. The van der Waals surface area contributed by atoms with Crippen LogP contribution in [0.15, 0.2) is 36.4 Å². The number of benzene rings is 2. The number of rotatable bonds is 5. The second-order valence-corrected chi connectivity index (χ2v) is 8.94. The van der Waals surface area contributed by atoms with E-state index in [4.69, 9.17) is 9.47 Å². The Labute approximate surface area is 180 Å². The molecule has 0 radical (unpaired) electrons. The van der Waals surface area contributed by atoms with Crippen molar-refractivity contribution < 1.29 is 19.4 Å². The number of ether oxygens (including phenoxy) is 2. The molecule has 6 heteroatoms. The highest BCUT2D eigenvalue weighted by atomic mass is 32.2. The third kappa shape index (κ3) is 4.58. The molecule has 152 valence electrons. The predicted molar refractivity (Wildman–Crippen MR) is 120 cm³/mol. The summed E-state index contributed by atoms with van der Waals surface area (Å²) in [6.45, 7) is 2.52. The van der Waals surface area contributed by atoms with E-state index >= 15 is 0 Å². The number of carbonyl (C=O) groups is 1. The van der Waals surface area contributed by atoms with Crippen LogP contribution in [0.25, 0.3) is 0 Å². The maximum absolute atomic E-state index is 12.0. The van der Waals surface area contributed by atoms with Crippen LogP contribution in [0.5, 0.6) is 5.75 Å². The van der Waals surface area contributed by atoms with Crippen LogP contribution in [0.1, 0.15) is 46.0 Å². The second kappa shape index (κ2) is 9.62. The monoisotopic (exact) mass is 428 g/mol. The fourth-order valence-corrected chi connectivity index (χ4v) is 5.32. The van der Waals surface area contributed by atoms with Crippen LogP contribution < -0.4 is 4.74 Å². The number of hydrogen-bond acceptors (Lipinski definition) is 6. The van der Waals surface area contributed by atoms with Crippen LogP contribution >= 0.6 is 23.5 Å². The van der Waals surface area contributed by atoms with Gasteiger partial charge in [-0.25, -0.2) is 4.79 Å². The van der Waals surface area contributed by atoms with Crippen LogP contribution in [-0.2, 0) is 15.4 Å². The van der Waals surface area contributed by atoms with Crippen LogP contribution in [0.3, 0.4) is 0 Å². The van der Waals surface area contributed by atoms with Crippen molar-refractivity contribution in [2.45, 2.75) is 24.0 Å². The number of carbonyl (C=O) groups excluding carboxylic acids is 1. The Bertz CT molecular complexity index is 955. The third-order valence-corrected chi connectivity index (χ3v) is 8.03. The molecule has 1 N–H and O–H groups in total. The van der Waals surface area contributed by atoms with Gasteiger partial charge in [-0.2, -0.15) is 0 Å². The Balaban J connectivity index is 1.92. The lowest BCUT2D eigenvalue weighted by Crippen LogP contribution is -2.26. The first-order valence-electron chi connectivity index (χ1n) is 9.37. The summed E-state index contributed by atoms with van der Waals surface area (Å²) in [6.07, 6.45) is 5.21. The molecular weight excluding hydrogens is 404 g/mol. The van der Waals surface area contributed by atoms with Crippen LogP contribution in [0.4, 0.5) is 0 Å². The molecule has 0 unspecified atom stereocenters. The SMILES string of the molecule is CCOC(=O)c1ccc(C#Cc2ccc3c(c2)C(SC)(SC)CCO3)cc1CO. The number of esters is 1. The van der Waals surface area contributed by atoms with Crippen molar-refractivity contribution >= 4 is 29.5 Å². The number of aliphatic hydroxyl groups is 1. The van der Waals surface area contributed by atoms with Gasteiger partial charge in [0.15, 0.2) is 0 Å². The fourth-order valence-electron chi connectivity index (χ4n) is 3.32. The minimum Gasteiger partial charge on any atom is -0.493 e. The topological polar surface area (TPSA) is 55.8 Å². The van der Waals surface area contributed by atoms with Crippen molar-refractivity contribution in [3.8, 4) is 17.6 Å². The maximum Gasteiger partial charge on any atom is 0.338 e. The zero-order valence-corrected chi connectivity index (χ0v) is 18.4.